The Kier molecular flexibility index (Phi) is 4.46. The fourth-order valence-corrected chi connectivity index (χ4v) is 1.34. The van der Waals surface area contributed by atoms with Gasteiger partial charge in [0.05, 0.1) is 6.10 Å². The third kappa shape index (κ3) is 3.38. The summed E-state index contributed by atoms with van der Waals surface area (Å²) in [6, 6.07) is 7.41. The zero-order valence-electron chi connectivity index (χ0n) is 7.47. The van der Waals surface area contributed by atoms with Crippen molar-refractivity contribution < 1.29 is 5.11 Å². The molecule has 0 unspecified atom stereocenters. The maximum atomic E-state index is 9.64. The Morgan fingerprint density at radius 2 is 2.07 bits per heavy atom. The van der Waals surface area contributed by atoms with Crippen LogP contribution in [0.3, 0.4) is 0 Å². The maximum absolute atomic E-state index is 9.64. The van der Waals surface area contributed by atoms with E-state index in [2.05, 4.69) is 26.0 Å². The van der Waals surface area contributed by atoms with Gasteiger partial charge in [-0.15, -0.1) is 0 Å². The quantitative estimate of drug-likeness (QED) is 0.501. The molecular formula is C9H10BrN3O. The zero-order valence-corrected chi connectivity index (χ0v) is 9.05. The Labute approximate surface area is 90.3 Å². The summed E-state index contributed by atoms with van der Waals surface area (Å²) >= 11 is 3.31. The molecule has 4 nitrogen and oxygen atoms in total. The second kappa shape index (κ2) is 5.65. The molecule has 74 valence electrons. The van der Waals surface area contributed by atoms with Crippen LogP contribution >= 0.6 is 15.9 Å². The summed E-state index contributed by atoms with van der Waals surface area (Å²) in [5.74, 6) is 0. The van der Waals surface area contributed by atoms with Gasteiger partial charge in [-0.25, -0.2) is 0 Å². The van der Waals surface area contributed by atoms with Gasteiger partial charge in [-0.1, -0.05) is 33.2 Å². The molecule has 5 heteroatoms. The molecule has 0 aromatic heterocycles. The second-order valence-electron chi connectivity index (χ2n) is 2.81. The lowest BCUT2D eigenvalue weighted by Crippen LogP contribution is -1.98. The summed E-state index contributed by atoms with van der Waals surface area (Å²) in [7, 11) is 0. The highest BCUT2D eigenvalue weighted by atomic mass is 79.9. The third-order valence-corrected chi connectivity index (χ3v) is 2.35. The van der Waals surface area contributed by atoms with Crippen molar-refractivity contribution in [1.82, 2.24) is 0 Å². The Morgan fingerprint density at radius 1 is 1.43 bits per heavy atom. The Morgan fingerprint density at radius 3 is 2.64 bits per heavy atom. The van der Waals surface area contributed by atoms with Gasteiger partial charge in [-0.05, 0) is 29.6 Å². The topological polar surface area (TPSA) is 69.0 Å². The molecule has 0 aliphatic rings. The maximum Gasteiger partial charge on any atom is 0.0791 e. The standard InChI is InChI=1S/C9H10BrN3O/c10-8-3-1-7(2-4-8)9(14)5-6-12-13-11/h1-4,9,14H,5-6H2/t9-/m0/s1. The first-order chi connectivity index (χ1) is 6.74. The lowest BCUT2D eigenvalue weighted by Gasteiger charge is -2.08. The van der Waals surface area contributed by atoms with Crippen molar-refractivity contribution in [1.29, 1.82) is 0 Å². The van der Waals surface area contributed by atoms with Crippen LogP contribution in [0.1, 0.15) is 18.1 Å². The molecule has 1 rings (SSSR count). The fourth-order valence-electron chi connectivity index (χ4n) is 1.08. The number of rotatable bonds is 4. The first kappa shape index (κ1) is 11.0. The highest BCUT2D eigenvalue weighted by molar-refractivity contribution is 9.10. The summed E-state index contributed by atoms with van der Waals surface area (Å²) < 4.78 is 0.975. The summed E-state index contributed by atoms with van der Waals surface area (Å²) in [6.07, 6.45) is -0.111. The van der Waals surface area contributed by atoms with E-state index < -0.39 is 6.10 Å². The average molecular weight is 256 g/mol. The monoisotopic (exact) mass is 255 g/mol. The first-order valence-electron chi connectivity index (χ1n) is 4.18. The van der Waals surface area contributed by atoms with Crippen LogP contribution in [0.25, 0.3) is 10.4 Å². The van der Waals surface area contributed by atoms with E-state index in [1.807, 2.05) is 24.3 Å². The molecule has 0 saturated carbocycles. The molecule has 0 radical (unpaired) electrons. The van der Waals surface area contributed by atoms with Crippen LogP contribution in [-0.4, -0.2) is 11.7 Å². The summed E-state index contributed by atoms with van der Waals surface area (Å²) in [6.45, 7) is 0.313. The van der Waals surface area contributed by atoms with Gasteiger partial charge in [0.15, 0.2) is 0 Å². The minimum Gasteiger partial charge on any atom is -0.388 e. The van der Waals surface area contributed by atoms with Gasteiger partial charge >= 0.3 is 0 Å². The highest BCUT2D eigenvalue weighted by Gasteiger charge is 2.05. The molecule has 0 aliphatic heterocycles. The number of aliphatic hydroxyl groups excluding tert-OH is 1. The Bertz CT molecular complexity index is 332. The van der Waals surface area contributed by atoms with Crippen molar-refractivity contribution in [3.63, 3.8) is 0 Å². The summed E-state index contributed by atoms with van der Waals surface area (Å²) in [4.78, 5) is 2.62. The van der Waals surface area contributed by atoms with E-state index in [-0.39, 0.29) is 0 Å². The van der Waals surface area contributed by atoms with E-state index in [9.17, 15) is 5.11 Å². The van der Waals surface area contributed by atoms with Crippen LogP contribution in [0.4, 0.5) is 0 Å². The Hall–Kier alpha value is -1.03. The van der Waals surface area contributed by atoms with Crippen LogP contribution in [-0.2, 0) is 0 Å². The molecule has 1 atom stereocenters. The molecule has 0 heterocycles. The number of nitrogens with zero attached hydrogens (tertiary/aromatic N) is 3. The molecule has 0 fully saturated rings. The molecule has 0 bridgehead atoms. The normalized spacial score (nSPS) is 11.9. The van der Waals surface area contributed by atoms with E-state index >= 15 is 0 Å². The predicted octanol–water partition coefficient (Wildman–Crippen LogP) is 3.18. The van der Waals surface area contributed by atoms with Crippen LogP contribution in [0, 0.1) is 0 Å². The molecule has 0 aliphatic carbocycles. The van der Waals surface area contributed by atoms with Crippen LogP contribution < -0.4 is 0 Å². The van der Waals surface area contributed by atoms with Gasteiger partial charge in [0.25, 0.3) is 0 Å². The molecule has 0 saturated heterocycles. The third-order valence-electron chi connectivity index (χ3n) is 1.82. The molecule has 1 N–H and O–H groups in total. The average Bonchev–Trinajstić information content (AvgIpc) is 2.19. The number of hydrogen-bond acceptors (Lipinski definition) is 2. The summed E-state index contributed by atoms with van der Waals surface area (Å²) in [5.41, 5.74) is 8.89. The number of benzene rings is 1. The minimum atomic E-state index is -0.561. The molecular weight excluding hydrogens is 246 g/mol. The number of aliphatic hydroxyl groups is 1. The van der Waals surface area contributed by atoms with Gasteiger partial charge in [0, 0.05) is 15.9 Å². The summed E-state index contributed by atoms with van der Waals surface area (Å²) in [5, 5.41) is 13.0. The second-order valence-corrected chi connectivity index (χ2v) is 3.73. The van der Waals surface area contributed by atoms with Gasteiger partial charge in [0.2, 0.25) is 0 Å². The van der Waals surface area contributed by atoms with Crippen molar-refractivity contribution in [2.45, 2.75) is 12.5 Å². The van der Waals surface area contributed by atoms with E-state index in [0.717, 1.165) is 10.0 Å². The molecule has 14 heavy (non-hydrogen) atoms. The van der Waals surface area contributed by atoms with Crippen LogP contribution in [0.15, 0.2) is 33.9 Å². The lowest BCUT2D eigenvalue weighted by molar-refractivity contribution is 0.170. The highest BCUT2D eigenvalue weighted by Crippen LogP contribution is 2.19. The van der Waals surface area contributed by atoms with Crippen molar-refractivity contribution in [2.75, 3.05) is 6.54 Å². The van der Waals surface area contributed by atoms with Crippen LogP contribution in [0.5, 0.6) is 0 Å². The number of halogens is 1. The molecule has 1 aromatic carbocycles. The van der Waals surface area contributed by atoms with Gasteiger partial charge in [0.1, 0.15) is 0 Å². The molecule has 0 amide bonds. The van der Waals surface area contributed by atoms with Crippen molar-refractivity contribution in [3.05, 3.63) is 44.7 Å². The molecule has 0 spiro atoms. The van der Waals surface area contributed by atoms with Gasteiger partial charge in [-0.3, -0.25) is 0 Å². The van der Waals surface area contributed by atoms with E-state index in [0.29, 0.717) is 13.0 Å². The van der Waals surface area contributed by atoms with E-state index in [1.165, 1.54) is 0 Å². The number of azide groups is 1. The first-order valence-corrected chi connectivity index (χ1v) is 4.97. The van der Waals surface area contributed by atoms with E-state index in [1.54, 1.807) is 0 Å². The van der Waals surface area contributed by atoms with Crippen molar-refractivity contribution in [2.24, 2.45) is 5.11 Å². The molecule has 1 aromatic rings. The lowest BCUT2D eigenvalue weighted by atomic mass is 10.1. The van der Waals surface area contributed by atoms with Crippen LogP contribution in [0.2, 0.25) is 0 Å². The van der Waals surface area contributed by atoms with E-state index in [4.69, 9.17) is 5.53 Å². The minimum absolute atomic E-state index is 0.313. The smallest absolute Gasteiger partial charge is 0.0791 e. The predicted molar refractivity (Wildman–Crippen MR) is 57.7 cm³/mol. The fraction of sp³-hybridized carbons (Fsp3) is 0.333. The van der Waals surface area contributed by atoms with Gasteiger partial charge < -0.3 is 5.11 Å². The SMILES string of the molecule is [N-]=[N+]=NCC[C@H](O)c1ccc(Br)cc1. The van der Waals surface area contributed by atoms with Gasteiger partial charge in [-0.2, -0.15) is 0 Å². The zero-order chi connectivity index (χ0) is 10.4. The Balaban J connectivity index is 2.55. The van der Waals surface area contributed by atoms with Crippen molar-refractivity contribution >= 4 is 15.9 Å². The largest absolute Gasteiger partial charge is 0.388 e. The van der Waals surface area contributed by atoms with Crippen molar-refractivity contribution in [3.8, 4) is 0 Å². The number of hydrogen-bond donors (Lipinski definition) is 1.